The maximum absolute atomic E-state index is 12.3. The number of hydrogen-bond donors (Lipinski definition) is 2. The van der Waals surface area contributed by atoms with E-state index in [1.807, 2.05) is 6.92 Å². The summed E-state index contributed by atoms with van der Waals surface area (Å²) >= 11 is 0. The van der Waals surface area contributed by atoms with E-state index < -0.39 is 16.1 Å². The van der Waals surface area contributed by atoms with E-state index in [0.717, 1.165) is 38.8 Å². The fourth-order valence-electron chi connectivity index (χ4n) is 3.26. The third-order valence-electron chi connectivity index (χ3n) is 4.63. The second kappa shape index (κ2) is 9.81. The quantitative estimate of drug-likeness (QED) is 0.673. The minimum absolute atomic E-state index is 0. The molecule has 2 unspecified atom stereocenters. The van der Waals surface area contributed by atoms with Gasteiger partial charge in [0, 0.05) is 13.1 Å². The molecule has 2 aliphatic rings. The number of amides is 1. The van der Waals surface area contributed by atoms with Crippen LogP contribution in [0.4, 0.5) is 0 Å². The van der Waals surface area contributed by atoms with Crippen LogP contribution in [0.15, 0.2) is 0 Å². The highest BCUT2D eigenvalue weighted by Gasteiger charge is 2.37. The maximum atomic E-state index is 12.3. The molecule has 6 nitrogen and oxygen atoms in total. The van der Waals surface area contributed by atoms with Gasteiger partial charge in [-0.1, -0.05) is 13.3 Å². The number of unbranched alkanes of at least 4 members (excludes halogenated alkanes) is 1. The molecule has 2 aliphatic heterocycles. The molecule has 2 N–H and O–H groups in total. The molecule has 0 bridgehead atoms. The number of nitrogens with one attached hydrogen (secondary N) is 2. The Morgan fingerprint density at radius 2 is 2.13 bits per heavy atom. The summed E-state index contributed by atoms with van der Waals surface area (Å²) in [5.74, 6) is 0.665. The van der Waals surface area contributed by atoms with E-state index in [1.165, 1.54) is 4.31 Å². The summed E-state index contributed by atoms with van der Waals surface area (Å²) in [6.45, 7) is 5.18. The predicted molar refractivity (Wildman–Crippen MR) is 94.3 cm³/mol. The Bertz CT molecular complexity index is 467. The number of rotatable bonds is 8. The largest absolute Gasteiger partial charge is 0.355 e. The van der Waals surface area contributed by atoms with Gasteiger partial charge in [0.1, 0.15) is 6.04 Å². The number of carbonyl (C=O) groups is 1. The highest BCUT2D eigenvalue weighted by molar-refractivity contribution is 7.89. The van der Waals surface area contributed by atoms with Crippen LogP contribution in [0.3, 0.4) is 0 Å². The summed E-state index contributed by atoms with van der Waals surface area (Å²) in [4.78, 5) is 12.3. The molecular weight excluding hydrogens is 338 g/mol. The fraction of sp³-hybridized carbons (Fsp3) is 0.933. The van der Waals surface area contributed by atoms with Crippen LogP contribution in [-0.4, -0.2) is 56.6 Å². The van der Waals surface area contributed by atoms with Crippen LogP contribution >= 0.6 is 12.4 Å². The maximum Gasteiger partial charge on any atom is 0.238 e. The van der Waals surface area contributed by atoms with E-state index in [0.29, 0.717) is 31.8 Å². The Labute approximate surface area is 146 Å². The van der Waals surface area contributed by atoms with E-state index in [9.17, 15) is 13.2 Å². The first-order chi connectivity index (χ1) is 10.5. The highest BCUT2D eigenvalue weighted by Crippen LogP contribution is 2.22. The van der Waals surface area contributed by atoms with Gasteiger partial charge in [-0.05, 0) is 51.1 Å². The first-order valence-electron chi connectivity index (χ1n) is 8.52. The Morgan fingerprint density at radius 1 is 1.35 bits per heavy atom. The van der Waals surface area contributed by atoms with Gasteiger partial charge in [-0.15, -0.1) is 12.4 Å². The zero-order valence-electron chi connectivity index (χ0n) is 13.9. The lowest BCUT2D eigenvalue weighted by Gasteiger charge is -2.23. The second-order valence-corrected chi connectivity index (χ2v) is 8.42. The van der Waals surface area contributed by atoms with Crippen molar-refractivity contribution >= 4 is 28.3 Å². The Balaban J connectivity index is 0.00000264. The van der Waals surface area contributed by atoms with Crippen molar-refractivity contribution in [3.05, 3.63) is 0 Å². The van der Waals surface area contributed by atoms with Gasteiger partial charge in [-0.25, -0.2) is 8.42 Å². The third kappa shape index (κ3) is 5.89. The van der Waals surface area contributed by atoms with E-state index in [1.54, 1.807) is 0 Å². The normalized spacial score (nSPS) is 25.3. The average Bonchev–Trinajstić information content (AvgIpc) is 3.16. The summed E-state index contributed by atoms with van der Waals surface area (Å²) in [5.41, 5.74) is 0. The number of halogens is 1. The van der Waals surface area contributed by atoms with Crippen LogP contribution in [0.2, 0.25) is 0 Å². The van der Waals surface area contributed by atoms with E-state index in [-0.39, 0.29) is 24.1 Å². The zero-order chi connectivity index (χ0) is 16.0. The average molecular weight is 368 g/mol. The molecule has 0 aromatic rings. The highest BCUT2D eigenvalue weighted by atomic mass is 35.5. The summed E-state index contributed by atoms with van der Waals surface area (Å²) in [5, 5.41) is 6.25. The van der Waals surface area contributed by atoms with Crippen LogP contribution in [0.25, 0.3) is 0 Å². The van der Waals surface area contributed by atoms with Crippen LogP contribution in [-0.2, 0) is 14.8 Å². The molecule has 2 saturated heterocycles. The van der Waals surface area contributed by atoms with Crippen LogP contribution in [0, 0.1) is 5.92 Å². The molecule has 2 heterocycles. The summed E-state index contributed by atoms with van der Waals surface area (Å²) < 4.78 is 26.1. The minimum atomic E-state index is -3.29. The molecule has 0 aromatic carbocycles. The van der Waals surface area contributed by atoms with Crippen molar-refractivity contribution in [2.45, 2.75) is 51.5 Å². The van der Waals surface area contributed by atoms with Crippen molar-refractivity contribution in [1.82, 2.24) is 14.9 Å². The van der Waals surface area contributed by atoms with E-state index in [4.69, 9.17) is 0 Å². The van der Waals surface area contributed by atoms with Gasteiger partial charge in [0.15, 0.2) is 0 Å². The van der Waals surface area contributed by atoms with Gasteiger partial charge in [0.25, 0.3) is 0 Å². The molecule has 0 aliphatic carbocycles. The zero-order valence-corrected chi connectivity index (χ0v) is 15.6. The molecular formula is C15H30ClN3O3S. The van der Waals surface area contributed by atoms with E-state index >= 15 is 0 Å². The molecule has 136 valence electrons. The molecule has 1 amide bonds. The lowest BCUT2D eigenvalue weighted by molar-refractivity contribution is -0.124. The molecule has 2 rings (SSSR count). The predicted octanol–water partition coefficient (Wildman–Crippen LogP) is 1.12. The van der Waals surface area contributed by atoms with Crippen LogP contribution in [0.1, 0.15) is 45.4 Å². The molecule has 0 saturated carbocycles. The molecule has 0 spiro atoms. The number of sulfonamides is 1. The van der Waals surface area contributed by atoms with E-state index in [2.05, 4.69) is 10.6 Å². The molecule has 8 heteroatoms. The topological polar surface area (TPSA) is 78.5 Å². The minimum Gasteiger partial charge on any atom is -0.355 e. The first-order valence-corrected chi connectivity index (χ1v) is 10.1. The molecule has 0 radical (unpaired) electrons. The molecule has 2 fully saturated rings. The van der Waals surface area contributed by atoms with Gasteiger partial charge in [-0.3, -0.25) is 4.79 Å². The van der Waals surface area contributed by atoms with Crippen LogP contribution < -0.4 is 10.6 Å². The van der Waals surface area contributed by atoms with Crippen molar-refractivity contribution < 1.29 is 13.2 Å². The molecule has 0 aromatic heterocycles. The lowest BCUT2D eigenvalue weighted by atomic mass is 10.1. The Morgan fingerprint density at radius 3 is 2.78 bits per heavy atom. The van der Waals surface area contributed by atoms with Gasteiger partial charge in [0.2, 0.25) is 15.9 Å². The number of nitrogens with zero attached hydrogens (tertiary/aromatic N) is 1. The van der Waals surface area contributed by atoms with Gasteiger partial charge < -0.3 is 10.6 Å². The van der Waals surface area contributed by atoms with Crippen molar-refractivity contribution in [1.29, 1.82) is 0 Å². The fourth-order valence-corrected chi connectivity index (χ4v) is 5.14. The number of carbonyl (C=O) groups excluding carboxylic acids is 1. The number of hydrogen-bond acceptors (Lipinski definition) is 4. The third-order valence-corrected chi connectivity index (χ3v) is 6.59. The first kappa shape index (κ1) is 20.7. The smallest absolute Gasteiger partial charge is 0.238 e. The summed E-state index contributed by atoms with van der Waals surface area (Å²) in [6, 6.07) is -0.497. The van der Waals surface area contributed by atoms with Crippen molar-refractivity contribution in [2.75, 3.05) is 31.9 Å². The molecule has 2 atom stereocenters. The van der Waals surface area contributed by atoms with Crippen molar-refractivity contribution in [3.8, 4) is 0 Å². The SMILES string of the molecule is CCCCS(=O)(=O)N1CCCC1C(=O)NCCC1CCNC1.Cl. The second-order valence-electron chi connectivity index (χ2n) is 6.38. The van der Waals surface area contributed by atoms with Gasteiger partial charge in [0.05, 0.1) is 5.75 Å². The monoisotopic (exact) mass is 367 g/mol. The van der Waals surface area contributed by atoms with Gasteiger partial charge in [-0.2, -0.15) is 4.31 Å². The van der Waals surface area contributed by atoms with Gasteiger partial charge >= 0.3 is 0 Å². The summed E-state index contributed by atoms with van der Waals surface area (Å²) in [6.07, 6.45) is 5.05. The van der Waals surface area contributed by atoms with Crippen molar-refractivity contribution in [3.63, 3.8) is 0 Å². The van der Waals surface area contributed by atoms with Crippen LogP contribution in [0.5, 0.6) is 0 Å². The standard InChI is InChI=1S/C15H29N3O3S.ClH/c1-2-3-11-22(20,21)18-10-4-5-14(18)15(19)17-9-7-13-6-8-16-12-13;/h13-14,16H,2-12H2,1H3,(H,17,19);1H. The van der Waals surface area contributed by atoms with Crippen molar-refractivity contribution in [2.24, 2.45) is 5.92 Å². The molecule has 23 heavy (non-hydrogen) atoms. The Kier molecular flexibility index (Phi) is 8.82. The lowest BCUT2D eigenvalue weighted by Crippen LogP contribution is -2.46. The Hall–Kier alpha value is -0.370. The summed E-state index contributed by atoms with van der Waals surface area (Å²) in [7, 11) is -3.29.